The first-order chi connectivity index (χ1) is 9.10. The average Bonchev–Trinajstić information content (AvgIpc) is 2.43. The predicted molar refractivity (Wildman–Crippen MR) is 79.5 cm³/mol. The average molecular weight is 266 g/mol. The highest BCUT2D eigenvalue weighted by Gasteiger charge is 2.18. The Kier molecular flexibility index (Phi) is 6.84. The van der Waals surface area contributed by atoms with E-state index < -0.39 is 6.10 Å². The summed E-state index contributed by atoms with van der Waals surface area (Å²) in [5, 5.41) is 22.4. The zero-order valence-electron chi connectivity index (χ0n) is 12.1. The molecule has 1 aromatic rings. The Morgan fingerprint density at radius 2 is 1.84 bits per heavy atom. The van der Waals surface area contributed by atoms with Crippen LogP contribution in [0.4, 0.5) is 5.69 Å². The molecule has 2 unspecified atom stereocenters. The summed E-state index contributed by atoms with van der Waals surface area (Å²) in [6, 6.07) is 7.99. The summed E-state index contributed by atoms with van der Waals surface area (Å²) in [5.74, 6) is 0. The molecule has 108 valence electrons. The minimum Gasteiger partial charge on any atom is -0.396 e. The van der Waals surface area contributed by atoms with Crippen molar-refractivity contribution in [3.63, 3.8) is 0 Å². The molecule has 3 N–H and O–H groups in total. The van der Waals surface area contributed by atoms with E-state index in [0.29, 0.717) is 6.42 Å². The van der Waals surface area contributed by atoms with E-state index in [1.807, 2.05) is 50.2 Å². The Hall–Kier alpha value is -1.10. The van der Waals surface area contributed by atoms with Crippen LogP contribution in [0.2, 0.25) is 0 Å². The molecule has 0 aliphatic rings. The number of nitrogens with zero attached hydrogens (tertiary/aromatic N) is 1. The summed E-state index contributed by atoms with van der Waals surface area (Å²) in [7, 11) is 3.99. The van der Waals surface area contributed by atoms with Crippen molar-refractivity contribution in [3.8, 4) is 0 Å². The van der Waals surface area contributed by atoms with E-state index >= 15 is 0 Å². The molecule has 0 amide bonds. The van der Waals surface area contributed by atoms with Crippen LogP contribution in [-0.4, -0.2) is 43.5 Å². The highest BCUT2D eigenvalue weighted by Crippen LogP contribution is 2.21. The van der Waals surface area contributed by atoms with E-state index in [1.165, 1.54) is 0 Å². The van der Waals surface area contributed by atoms with Gasteiger partial charge in [0.25, 0.3) is 0 Å². The second-order valence-corrected chi connectivity index (χ2v) is 4.98. The molecule has 0 aromatic heterocycles. The lowest BCUT2D eigenvalue weighted by Crippen LogP contribution is -2.35. The number of hydrogen-bond donors (Lipinski definition) is 3. The Morgan fingerprint density at radius 3 is 2.32 bits per heavy atom. The first-order valence-electron chi connectivity index (χ1n) is 6.89. The quantitative estimate of drug-likeness (QED) is 0.625. The van der Waals surface area contributed by atoms with E-state index in [4.69, 9.17) is 5.11 Å². The van der Waals surface area contributed by atoms with Crippen molar-refractivity contribution in [3.05, 3.63) is 29.8 Å². The third-order valence-electron chi connectivity index (χ3n) is 3.31. The van der Waals surface area contributed by atoms with Crippen molar-refractivity contribution in [1.29, 1.82) is 0 Å². The van der Waals surface area contributed by atoms with Crippen LogP contribution in [0.15, 0.2) is 24.3 Å². The molecule has 0 saturated carbocycles. The van der Waals surface area contributed by atoms with Crippen molar-refractivity contribution in [2.45, 2.75) is 31.9 Å². The Labute approximate surface area is 116 Å². The van der Waals surface area contributed by atoms with Gasteiger partial charge >= 0.3 is 0 Å². The highest BCUT2D eigenvalue weighted by atomic mass is 16.3. The highest BCUT2D eigenvalue weighted by molar-refractivity contribution is 5.46. The molecule has 4 nitrogen and oxygen atoms in total. The number of aliphatic hydroxyl groups excluding tert-OH is 2. The van der Waals surface area contributed by atoms with Gasteiger partial charge in [-0.1, -0.05) is 19.1 Å². The molecule has 0 saturated heterocycles. The number of hydrogen-bond acceptors (Lipinski definition) is 4. The van der Waals surface area contributed by atoms with Gasteiger partial charge in [-0.3, -0.25) is 0 Å². The fourth-order valence-electron chi connectivity index (χ4n) is 2.05. The maximum atomic E-state index is 10.4. The second kappa shape index (κ2) is 8.15. The summed E-state index contributed by atoms with van der Waals surface area (Å²) in [5.41, 5.74) is 2.05. The summed E-state index contributed by atoms with van der Waals surface area (Å²) in [6.45, 7) is 2.95. The maximum absolute atomic E-state index is 10.4. The molecule has 2 atom stereocenters. The lowest BCUT2D eigenvalue weighted by atomic mass is 10.00. The minimum atomic E-state index is -0.514. The van der Waals surface area contributed by atoms with Gasteiger partial charge in [-0.15, -0.1) is 0 Å². The molecule has 19 heavy (non-hydrogen) atoms. The van der Waals surface area contributed by atoms with Gasteiger partial charge in [-0.2, -0.15) is 0 Å². The molecule has 0 aliphatic carbocycles. The van der Waals surface area contributed by atoms with Gasteiger partial charge in [0.2, 0.25) is 0 Å². The summed E-state index contributed by atoms with van der Waals surface area (Å²) >= 11 is 0. The molecule has 1 aromatic carbocycles. The molecule has 0 aliphatic heterocycles. The number of aliphatic hydroxyl groups is 2. The van der Waals surface area contributed by atoms with Crippen LogP contribution in [-0.2, 0) is 0 Å². The monoisotopic (exact) mass is 266 g/mol. The molecule has 0 radical (unpaired) electrons. The topological polar surface area (TPSA) is 55.7 Å². The number of benzene rings is 1. The van der Waals surface area contributed by atoms with E-state index in [0.717, 1.165) is 24.2 Å². The summed E-state index contributed by atoms with van der Waals surface area (Å²) < 4.78 is 0. The van der Waals surface area contributed by atoms with Gasteiger partial charge in [0, 0.05) is 32.4 Å². The maximum Gasteiger partial charge on any atom is 0.0942 e. The molecule has 0 heterocycles. The van der Waals surface area contributed by atoms with Crippen LogP contribution < -0.4 is 10.2 Å². The van der Waals surface area contributed by atoms with Crippen LogP contribution in [0.1, 0.15) is 31.4 Å². The van der Waals surface area contributed by atoms with E-state index in [2.05, 4.69) is 5.32 Å². The van der Waals surface area contributed by atoms with E-state index in [-0.39, 0.29) is 12.6 Å². The molecule has 4 heteroatoms. The smallest absolute Gasteiger partial charge is 0.0942 e. The van der Waals surface area contributed by atoms with Crippen molar-refractivity contribution in [1.82, 2.24) is 5.32 Å². The molecular formula is C15H26N2O2. The van der Waals surface area contributed by atoms with Gasteiger partial charge in [0.1, 0.15) is 0 Å². The SMILES string of the molecule is CCC(NCCCO)C(O)c1ccc(N(C)C)cc1. The van der Waals surface area contributed by atoms with Crippen molar-refractivity contribution >= 4 is 5.69 Å². The normalized spacial score (nSPS) is 14.2. The first kappa shape index (κ1) is 16.0. The first-order valence-corrected chi connectivity index (χ1v) is 6.89. The van der Waals surface area contributed by atoms with Crippen LogP contribution in [0.3, 0.4) is 0 Å². The van der Waals surface area contributed by atoms with E-state index in [1.54, 1.807) is 0 Å². The van der Waals surface area contributed by atoms with Crippen molar-refractivity contribution in [2.75, 3.05) is 32.1 Å². The molecular weight excluding hydrogens is 240 g/mol. The second-order valence-electron chi connectivity index (χ2n) is 4.98. The zero-order valence-corrected chi connectivity index (χ0v) is 12.1. The minimum absolute atomic E-state index is 0.0248. The Balaban J connectivity index is 2.65. The van der Waals surface area contributed by atoms with Crippen molar-refractivity contribution in [2.24, 2.45) is 0 Å². The molecule has 0 bridgehead atoms. The van der Waals surface area contributed by atoms with Gasteiger partial charge in [-0.25, -0.2) is 0 Å². The van der Waals surface area contributed by atoms with Crippen LogP contribution >= 0.6 is 0 Å². The van der Waals surface area contributed by atoms with Gasteiger partial charge in [0.05, 0.1) is 6.10 Å². The largest absolute Gasteiger partial charge is 0.396 e. The summed E-state index contributed by atoms with van der Waals surface area (Å²) in [6.07, 6.45) is 1.05. The zero-order chi connectivity index (χ0) is 14.3. The standard InChI is InChI=1S/C15H26N2O2/c1-4-14(16-10-5-11-18)15(19)12-6-8-13(9-7-12)17(2)3/h6-9,14-16,18-19H,4-5,10-11H2,1-3H3. The van der Waals surface area contributed by atoms with Gasteiger partial charge in [-0.05, 0) is 37.1 Å². The molecule has 1 rings (SSSR count). The predicted octanol–water partition coefficient (Wildman–Crippen LogP) is 1.54. The molecule has 0 spiro atoms. The Bertz CT molecular complexity index is 352. The van der Waals surface area contributed by atoms with E-state index in [9.17, 15) is 5.11 Å². The number of rotatable bonds is 8. The third-order valence-corrected chi connectivity index (χ3v) is 3.31. The number of nitrogens with one attached hydrogen (secondary N) is 1. The fourth-order valence-corrected chi connectivity index (χ4v) is 2.05. The fraction of sp³-hybridized carbons (Fsp3) is 0.600. The number of anilines is 1. The van der Waals surface area contributed by atoms with Gasteiger partial charge in [0.15, 0.2) is 0 Å². The lowest BCUT2D eigenvalue weighted by molar-refractivity contribution is 0.124. The lowest BCUT2D eigenvalue weighted by Gasteiger charge is -2.24. The summed E-state index contributed by atoms with van der Waals surface area (Å²) in [4.78, 5) is 2.03. The third kappa shape index (κ3) is 4.82. The van der Waals surface area contributed by atoms with Crippen LogP contribution in [0.5, 0.6) is 0 Å². The van der Waals surface area contributed by atoms with Gasteiger partial charge < -0.3 is 20.4 Å². The van der Waals surface area contributed by atoms with Crippen LogP contribution in [0.25, 0.3) is 0 Å². The van der Waals surface area contributed by atoms with Crippen LogP contribution in [0, 0.1) is 0 Å². The Morgan fingerprint density at radius 1 is 1.21 bits per heavy atom. The van der Waals surface area contributed by atoms with Crippen molar-refractivity contribution < 1.29 is 10.2 Å². The molecule has 0 fully saturated rings.